The van der Waals surface area contributed by atoms with Crippen molar-refractivity contribution in [3.05, 3.63) is 48.4 Å². The van der Waals surface area contributed by atoms with E-state index in [1.807, 2.05) is 18.3 Å². The van der Waals surface area contributed by atoms with Gasteiger partial charge in [-0.25, -0.2) is 13.9 Å². The highest BCUT2D eigenvalue weighted by Crippen LogP contribution is 2.20. The van der Waals surface area contributed by atoms with E-state index >= 15 is 0 Å². The molecule has 1 aliphatic heterocycles. The van der Waals surface area contributed by atoms with Crippen LogP contribution in [0.25, 0.3) is 16.9 Å². The van der Waals surface area contributed by atoms with Gasteiger partial charge in [0.2, 0.25) is 0 Å². The molecule has 1 aromatic carbocycles. The van der Waals surface area contributed by atoms with Crippen LogP contribution in [0.15, 0.2) is 42.6 Å². The minimum absolute atomic E-state index is 0.244. The zero-order valence-electron chi connectivity index (χ0n) is 12.0. The molecule has 2 aromatic heterocycles. The van der Waals surface area contributed by atoms with Gasteiger partial charge < -0.3 is 10.2 Å². The highest BCUT2D eigenvalue weighted by atomic mass is 19.1. The molecule has 22 heavy (non-hydrogen) atoms. The first kappa shape index (κ1) is 13.2. The summed E-state index contributed by atoms with van der Waals surface area (Å²) in [5.74, 6) is 0.712. The van der Waals surface area contributed by atoms with E-state index in [0.29, 0.717) is 0 Å². The summed E-state index contributed by atoms with van der Waals surface area (Å²) >= 11 is 0. The number of hydrogen-bond donors (Lipinski definition) is 1. The Bertz CT molecular complexity index is 790. The largest absolute Gasteiger partial charge is 0.353 e. The lowest BCUT2D eigenvalue weighted by molar-refractivity contribution is 0.581. The van der Waals surface area contributed by atoms with Crippen LogP contribution < -0.4 is 10.2 Å². The Kier molecular flexibility index (Phi) is 3.23. The molecule has 1 saturated heterocycles. The normalized spacial score (nSPS) is 15.4. The Morgan fingerprint density at radius 2 is 1.77 bits per heavy atom. The summed E-state index contributed by atoms with van der Waals surface area (Å²) in [5, 5.41) is 7.97. The molecule has 0 aliphatic carbocycles. The van der Waals surface area contributed by atoms with Gasteiger partial charge in [0.1, 0.15) is 11.6 Å². The minimum Gasteiger partial charge on any atom is -0.353 e. The third-order valence-corrected chi connectivity index (χ3v) is 3.89. The van der Waals surface area contributed by atoms with Crippen LogP contribution in [0.1, 0.15) is 0 Å². The van der Waals surface area contributed by atoms with Gasteiger partial charge in [0.25, 0.3) is 0 Å². The van der Waals surface area contributed by atoms with Crippen molar-refractivity contribution < 1.29 is 4.39 Å². The predicted molar refractivity (Wildman–Crippen MR) is 83.5 cm³/mol. The molecule has 1 aliphatic rings. The van der Waals surface area contributed by atoms with Crippen molar-refractivity contribution in [2.75, 3.05) is 31.1 Å². The number of rotatable bonds is 2. The highest BCUT2D eigenvalue weighted by molar-refractivity contribution is 5.62. The lowest BCUT2D eigenvalue weighted by Gasteiger charge is -2.28. The molecule has 1 N–H and O–H groups in total. The molecule has 4 rings (SSSR count). The summed E-state index contributed by atoms with van der Waals surface area (Å²) in [4.78, 5) is 6.80. The Morgan fingerprint density at radius 1 is 1.00 bits per heavy atom. The topological polar surface area (TPSA) is 45.5 Å². The molecule has 1 fully saturated rings. The molecule has 0 radical (unpaired) electrons. The summed E-state index contributed by atoms with van der Waals surface area (Å²) in [6.45, 7) is 3.87. The van der Waals surface area contributed by atoms with E-state index in [9.17, 15) is 4.39 Å². The van der Waals surface area contributed by atoms with Gasteiger partial charge in [-0.2, -0.15) is 0 Å². The number of benzene rings is 1. The molecule has 0 saturated carbocycles. The molecule has 5 nitrogen and oxygen atoms in total. The van der Waals surface area contributed by atoms with E-state index in [2.05, 4.69) is 20.3 Å². The van der Waals surface area contributed by atoms with E-state index in [4.69, 9.17) is 0 Å². The number of halogens is 1. The number of nitrogens with zero attached hydrogens (tertiary/aromatic N) is 4. The third kappa shape index (κ3) is 2.42. The fourth-order valence-electron chi connectivity index (χ4n) is 2.69. The second-order valence-corrected chi connectivity index (χ2v) is 5.36. The van der Waals surface area contributed by atoms with Gasteiger partial charge in [-0.1, -0.05) is 0 Å². The van der Waals surface area contributed by atoms with Crippen molar-refractivity contribution in [1.29, 1.82) is 0 Å². The summed E-state index contributed by atoms with van der Waals surface area (Å²) in [6.07, 6.45) is 1.88. The van der Waals surface area contributed by atoms with E-state index in [0.717, 1.165) is 48.9 Å². The van der Waals surface area contributed by atoms with Crippen molar-refractivity contribution in [2.45, 2.75) is 0 Å². The van der Waals surface area contributed by atoms with Crippen LogP contribution in [-0.4, -0.2) is 40.8 Å². The summed E-state index contributed by atoms with van der Waals surface area (Å²) < 4.78 is 14.8. The molecule has 0 unspecified atom stereocenters. The van der Waals surface area contributed by atoms with Gasteiger partial charge in [0, 0.05) is 31.7 Å². The average molecular weight is 297 g/mol. The Hall–Kier alpha value is -2.47. The van der Waals surface area contributed by atoms with Crippen molar-refractivity contribution in [3.63, 3.8) is 0 Å². The number of fused-ring (bicyclic) bond motifs is 1. The van der Waals surface area contributed by atoms with Gasteiger partial charge in [0.15, 0.2) is 5.65 Å². The van der Waals surface area contributed by atoms with Crippen LogP contribution in [0.4, 0.5) is 10.2 Å². The zero-order chi connectivity index (χ0) is 14.9. The molecule has 3 heterocycles. The summed E-state index contributed by atoms with van der Waals surface area (Å²) in [5.41, 5.74) is 2.47. The number of hydrogen-bond acceptors (Lipinski definition) is 4. The second kappa shape index (κ2) is 5.38. The molecule has 0 amide bonds. The van der Waals surface area contributed by atoms with Crippen molar-refractivity contribution in [3.8, 4) is 11.3 Å². The third-order valence-electron chi connectivity index (χ3n) is 3.89. The zero-order valence-corrected chi connectivity index (χ0v) is 12.0. The Labute approximate surface area is 127 Å². The average Bonchev–Trinajstić information content (AvgIpc) is 2.99. The van der Waals surface area contributed by atoms with Gasteiger partial charge in [-0.3, -0.25) is 0 Å². The van der Waals surface area contributed by atoms with Crippen LogP contribution in [0, 0.1) is 5.82 Å². The van der Waals surface area contributed by atoms with Crippen molar-refractivity contribution in [1.82, 2.24) is 19.9 Å². The Morgan fingerprint density at radius 3 is 2.55 bits per heavy atom. The molecule has 0 spiro atoms. The van der Waals surface area contributed by atoms with E-state index in [1.165, 1.54) is 12.1 Å². The first-order valence-electron chi connectivity index (χ1n) is 7.38. The molecular weight excluding hydrogens is 281 g/mol. The first-order valence-corrected chi connectivity index (χ1v) is 7.38. The van der Waals surface area contributed by atoms with Crippen LogP contribution in [-0.2, 0) is 0 Å². The fraction of sp³-hybridized carbons (Fsp3) is 0.250. The standard InChI is InChI=1S/C16H16FN5/c17-13-3-1-12(2-4-13)14-11-22-15(19-14)5-6-16(20-22)21-9-7-18-8-10-21/h1-6,11,18H,7-10H2. The van der Waals surface area contributed by atoms with Crippen LogP contribution in [0.3, 0.4) is 0 Å². The molecule has 6 heteroatoms. The predicted octanol–water partition coefficient (Wildman–Crippen LogP) is 1.94. The van der Waals surface area contributed by atoms with Gasteiger partial charge >= 0.3 is 0 Å². The number of imidazole rings is 1. The number of anilines is 1. The first-order chi connectivity index (χ1) is 10.8. The molecular formula is C16H16FN5. The number of piperazine rings is 1. The number of nitrogens with one attached hydrogen (secondary N) is 1. The molecule has 0 bridgehead atoms. The second-order valence-electron chi connectivity index (χ2n) is 5.36. The Balaban J connectivity index is 1.69. The fourth-order valence-corrected chi connectivity index (χ4v) is 2.69. The summed E-state index contributed by atoms with van der Waals surface area (Å²) in [6, 6.07) is 10.3. The van der Waals surface area contributed by atoms with Crippen molar-refractivity contribution >= 4 is 11.5 Å². The smallest absolute Gasteiger partial charge is 0.154 e. The van der Waals surface area contributed by atoms with Crippen LogP contribution in [0.5, 0.6) is 0 Å². The van der Waals surface area contributed by atoms with Crippen LogP contribution >= 0.6 is 0 Å². The lowest BCUT2D eigenvalue weighted by atomic mass is 10.2. The highest BCUT2D eigenvalue weighted by Gasteiger charge is 2.13. The van der Waals surface area contributed by atoms with E-state index in [-0.39, 0.29) is 5.82 Å². The monoisotopic (exact) mass is 297 g/mol. The molecule has 112 valence electrons. The number of aromatic nitrogens is 3. The molecule has 3 aromatic rings. The quantitative estimate of drug-likeness (QED) is 0.785. The van der Waals surface area contributed by atoms with Crippen molar-refractivity contribution in [2.24, 2.45) is 0 Å². The minimum atomic E-state index is -0.244. The summed E-state index contributed by atoms with van der Waals surface area (Å²) in [7, 11) is 0. The SMILES string of the molecule is Fc1ccc(-c2cn3nc(N4CCNCC4)ccc3n2)cc1. The van der Waals surface area contributed by atoms with Gasteiger partial charge in [0.05, 0.1) is 11.9 Å². The van der Waals surface area contributed by atoms with Gasteiger partial charge in [-0.05, 0) is 36.4 Å². The maximum absolute atomic E-state index is 13.0. The van der Waals surface area contributed by atoms with Gasteiger partial charge in [-0.15, -0.1) is 5.10 Å². The maximum atomic E-state index is 13.0. The van der Waals surface area contributed by atoms with E-state index < -0.39 is 0 Å². The lowest BCUT2D eigenvalue weighted by Crippen LogP contribution is -2.44. The van der Waals surface area contributed by atoms with E-state index in [1.54, 1.807) is 16.6 Å². The van der Waals surface area contributed by atoms with Crippen LogP contribution in [0.2, 0.25) is 0 Å². The molecule has 0 atom stereocenters. The maximum Gasteiger partial charge on any atom is 0.154 e.